The third kappa shape index (κ3) is 3.90. The fourth-order valence-corrected chi connectivity index (χ4v) is 5.69. The van der Waals surface area contributed by atoms with Gasteiger partial charge in [-0.25, -0.2) is 8.42 Å². The molecule has 1 aromatic carbocycles. The molecule has 2 aromatic heterocycles. The fourth-order valence-electron chi connectivity index (χ4n) is 3.97. The molecule has 1 aliphatic heterocycles. The topological polar surface area (TPSA) is 86.9 Å². The minimum absolute atomic E-state index is 0.133. The van der Waals surface area contributed by atoms with Crippen LogP contribution in [0.15, 0.2) is 73.3 Å². The van der Waals surface area contributed by atoms with Crippen LogP contribution >= 0.6 is 0 Å². The molecule has 1 fully saturated rings. The fraction of sp³-hybridized carbons (Fsp3) is 0.227. The first-order chi connectivity index (χ1) is 14.1. The molecule has 1 unspecified atom stereocenters. The third-order valence-electron chi connectivity index (χ3n) is 5.21. The predicted octanol–water partition coefficient (Wildman–Crippen LogP) is 3.26. The van der Waals surface area contributed by atoms with Crippen LogP contribution in [0, 0.1) is 11.3 Å². The molecule has 0 radical (unpaired) electrons. The molecule has 0 spiro atoms. The maximum atomic E-state index is 12.9. The zero-order valence-corrected chi connectivity index (χ0v) is 16.5. The van der Waals surface area contributed by atoms with Gasteiger partial charge in [-0.3, -0.25) is 9.97 Å². The van der Waals surface area contributed by atoms with Gasteiger partial charge in [0.15, 0.2) is 0 Å². The van der Waals surface area contributed by atoms with Gasteiger partial charge >= 0.3 is 0 Å². The maximum absolute atomic E-state index is 12.9. The Hall–Kier alpha value is -3.08. The first kappa shape index (κ1) is 19.2. The minimum atomic E-state index is -3.41. The van der Waals surface area contributed by atoms with Gasteiger partial charge in [-0.15, -0.1) is 0 Å². The van der Waals surface area contributed by atoms with Gasteiger partial charge in [-0.1, -0.05) is 24.3 Å². The Labute approximate surface area is 170 Å². The van der Waals surface area contributed by atoms with Gasteiger partial charge in [0.25, 0.3) is 0 Å². The molecule has 0 N–H and O–H groups in total. The second-order valence-corrected chi connectivity index (χ2v) is 9.05. The highest BCUT2D eigenvalue weighted by Gasteiger charge is 2.40. The average molecular weight is 404 g/mol. The van der Waals surface area contributed by atoms with E-state index in [9.17, 15) is 13.7 Å². The Morgan fingerprint density at radius 2 is 1.62 bits per heavy atom. The maximum Gasteiger partial charge on any atom is 0.214 e. The van der Waals surface area contributed by atoms with E-state index in [2.05, 4.69) is 16.0 Å². The Kier molecular flexibility index (Phi) is 5.38. The van der Waals surface area contributed by atoms with Gasteiger partial charge in [-0.2, -0.15) is 9.57 Å². The van der Waals surface area contributed by atoms with E-state index < -0.39 is 16.1 Å². The van der Waals surface area contributed by atoms with Gasteiger partial charge < -0.3 is 0 Å². The van der Waals surface area contributed by atoms with Crippen molar-refractivity contribution in [2.45, 2.75) is 18.4 Å². The molecular formula is C22H20N4O2S. The van der Waals surface area contributed by atoms with Crippen molar-refractivity contribution in [1.29, 1.82) is 5.26 Å². The van der Waals surface area contributed by atoms with Crippen molar-refractivity contribution >= 4 is 10.0 Å². The lowest BCUT2D eigenvalue weighted by Gasteiger charge is -2.34. The zero-order chi connectivity index (χ0) is 20.3. The summed E-state index contributed by atoms with van der Waals surface area (Å²) in [4.78, 5) is 8.53. The lowest BCUT2D eigenvalue weighted by Crippen LogP contribution is -2.35. The van der Waals surface area contributed by atoms with Crippen LogP contribution in [-0.4, -0.2) is 35.0 Å². The van der Waals surface area contributed by atoms with E-state index in [-0.39, 0.29) is 11.7 Å². The molecule has 3 aromatic rings. The van der Waals surface area contributed by atoms with E-state index in [4.69, 9.17) is 0 Å². The monoisotopic (exact) mass is 404 g/mol. The normalized spacial score (nSPS) is 17.1. The summed E-state index contributed by atoms with van der Waals surface area (Å²) in [7, 11) is -3.41. The van der Waals surface area contributed by atoms with Crippen LogP contribution in [0.3, 0.4) is 0 Å². The van der Waals surface area contributed by atoms with Crippen molar-refractivity contribution in [2.75, 3.05) is 12.3 Å². The standard InChI is InChI=1S/C22H20N4O2S/c23-14-17-5-1-6-18(13-17)22(26-11-4-12-29(26,27)28)21(19-7-2-9-24-15-19)20-8-3-10-25-16-20/h1-3,5-10,13,15-16,21-22H,4,11-12H2. The molecular weight excluding hydrogens is 384 g/mol. The Bertz CT molecular complexity index is 1090. The molecule has 1 atom stereocenters. The molecule has 29 heavy (non-hydrogen) atoms. The average Bonchev–Trinajstić information content (AvgIpc) is 3.11. The smallest absolute Gasteiger partial charge is 0.214 e. The highest BCUT2D eigenvalue weighted by Crippen LogP contribution is 2.43. The number of hydrogen-bond acceptors (Lipinski definition) is 5. The van der Waals surface area contributed by atoms with E-state index in [1.807, 2.05) is 30.3 Å². The van der Waals surface area contributed by atoms with Crippen LogP contribution in [0.1, 0.15) is 40.6 Å². The highest BCUT2D eigenvalue weighted by molar-refractivity contribution is 7.89. The molecule has 1 saturated heterocycles. The van der Waals surface area contributed by atoms with E-state index >= 15 is 0 Å². The number of pyridine rings is 2. The van der Waals surface area contributed by atoms with Crippen molar-refractivity contribution < 1.29 is 8.42 Å². The molecule has 0 saturated carbocycles. The first-order valence-electron chi connectivity index (χ1n) is 9.39. The van der Waals surface area contributed by atoms with Gasteiger partial charge in [0.05, 0.1) is 23.4 Å². The Balaban J connectivity index is 1.95. The second kappa shape index (κ2) is 8.11. The lowest BCUT2D eigenvalue weighted by atomic mass is 9.82. The first-order valence-corrected chi connectivity index (χ1v) is 11.0. The summed E-state index contributed by atoms with van der Waals surface area (Å²) >= 11 is 0. The largest absolute Gasteiger partial charge is 0.264 e. The van der Waals surface area contributed by atoms with Crippen LogP contribution in [-0.2, 0) is 10.0 Å². The highest BCUT2D eigenvalue weighted by atomic mass is 32.2. The molecule has 0 aliphatic carbocycles. The van der Waals surface area contributed by atoms with E-state index in [0.717, 1.165) is 16.7 Å². The number of rotatable bonds is 5. The Morgan fingerprint density at radius 1 is 0.966 bits per heavy atom. The molecule has 0 amide bonds. The van der Waals surface area contributed by atoms with Crippen LogP contribution in [0.2, 0.25) is 0 Å². The molecule has 3 heterocycles. The summed E-state index contributed by atoms with van der Waals surface area (Å²) in [6.45, 7) is 0.445. The molecule has 6 nitrogen and oxygen atoms in total. The quantitative estimate of drug-likeness (QED) is 0.651. The number of benzene rings is 1. The van der Waals surface area contributed by atoms with Gasteiger partial charge in [0, 0.05) is 37.3 Å². The van der Waals surface area contributed by atoms with Gasteiger partial charge in [0.1, 0.15) is 0 Å². The van der Waals surface area contributed by atoms with Crippen molar-refractivity contribution in [3.05, 3.63) is 95.6 Å². The summed E-state index contributed by atoms with van der Waals surface area (Å²) in [5, 5.41) is 9.38. The van der Waals surface area contributed by atoms with Crippen LogP contribution in [0.4, 0.5) is 0 Å². The molecule has 0 bridgehead atoms. The third-order valence-corrected chi connectivity index (χ3v) is 7.14. The summed E-state index contributed by atoms with van der Waals surface area (Å²) in [6.07, 6.45) is 7.51. The lowest BCUT2D eigenvalue weighted by molar-refractivity contribution is 0.320. The van der Waals surface area contributed by atoms with Gasteiger partial charge in [-0.05, 0) is 47.4 Å². The summed E-state index contributed by atoms with van der Waals surface area (Å²) in [5.74, 6) is -0.173. The minimum Gasteiger partial charge on any atom is -0.264 e. The predicted molar refractivity (Wildman–Crippen MR) is 109 cm³/mol. The number of aromatic nitrogens is 2. The molecule has 146 valence electrons. The second-order valence-electron chi connectivity index (χ2n) is 7.01. The summed E-state index contributed by atoms with van der Waals surface area (Å²) in [6, 6.07) is 16.5. The summed E-state index contributed by atoms with van der Waals surface area (Å²) in [5.41, 5.74) is 3.08. The summed E-state index contributed by atoms with van der Waals surface area (Å²) < 4.78 is 27.4. The molecule has 1 aliphatic rings. The van der Waals surface area contributed by atoms with Crippen molar-refractivity contribution in [1.82, 2.24) is 14.3 Å². The zero-order valence-electron chi connectivity index (χ0n) is 15.7. The number of hydrogen-bond donors (Lipinski definition) is 0. The SMILES string of the molecule is N#Cc1cccc(C(C(c2cccnc2)c2cccnc2)N2CCCS2(=O)=O)c1. The number of nitrogens with zero attached hydrogens (tertiary/aromatic N) is 4. The van der Waals surface area contributed by atoms with E-state index in [1.165, 1.54) is 0 Å². The van der Waals surface area contributed by atoms with E-state index in [1.54, 1.807) is 47.3 Å². The van der Waals surface area contributed by atoms with Gasteiger partial charge in [0.2, 0.25) is 10.0 Å². The van der Waals surface area contributed by atoms with Crippen molar-refractivity contribution in [2.24, 2.45) is 0 Å². The van der Waals surface area contributed by atoms with Crippen LogP contribution < -0.4 is 0 Å². The van der Waals surface area contributed by atoms with E-state index in [0.29, 0.717) is 18.5 Å². The van der Waals surface area contributed by atoms with Crippen LogP contribution in [0.25, 0.3) is 0 Å². The molecule has 4 rings (SSSR count). The molecule has 7 heteroatoms. The van der Waals surface area contributed by atoms with Crippen molar-refractivity contribution in [3.8, 4) is 6.07 Å². The Morgan fingerprint density at radius 3 is 2.14 bits per heavy atom. The van der Waals surface area contributed by atoms with Crippen LogP contribution in [0.5, 0.6) is 0 Å². The van der Waals surface area contributed by atoms with Crippen molar-refractivity contribution in [3.63, 3.8) is 0 Å². The number of sulfonamides is 1. The number of nitriles is 1.